The zero-order chi connectivity index (χ0) is 18.0. The molecule has 0 fully saturated rings. The summed E-state index contributed by atoms with van der Waals surface area (Å²) in [4.78, 5) is 0. The van der Waals surface area contributed by atoms with Crippen LogP contribution in [0.4, 0.5) is 0 Å². The molecule has 1 heterocycles. The van der Waals surface area contributed by atoms with Gasteiger partial charge in [-0.3, -0.25) is 0 Å². The van der Waals surface area contributed by atoms with E-state index in [9.17, 15) is 0 Å². The minimum atomic E-state index is 0.715. The minimum Gasteiger partial charge on any atom is -0.202 e. The Kier molecular flexibility index (Phi) is 14.7. The van der Waals surface area contributed by atoms with E-state index in [4.69, 9.17) is 0 Å². The molecule has 1 unspecified atom stereocenters. The zero-order valence-electron chi connectivity index (χ0n) is 17.2. The van der Waals surface area contributed by atoms with Crippen molar-refractivity contribution in [3.63, 3.8) is 0 Å². The Hall–Kier alpha value is -0.850. The molecule has 0 amide bonds. The molecule has 1 atom stereocenters. The summed E-state index contributed by atoms with van der Waals surface area (Å²) in [7, 11) is 0. The maximum atomic E-state index is 2.47. The fourth-order valence-corrected chi connectivity index (χ4v) is 3.77. The Labute approximate surface area is 158 Å². The normalized spacial score (nSPS) is 12.4. The lowest BCUT2D eigenvalue weighted by Gasteiger charge is -2.12. The summed E-state index contributed by atoms with van der Waals surface area (Å²) < 4.78 is 2.47. The summed E-state index contributed by atoms with van der Waals surface area (Å²) in [6.45, 7) is 4.59. The SMILES string of the molecule is CCCCCCCCCCC(CCCCCCCC)[n+]1ccccc1. The third-order valence-electron chi connectivity index (χ3n) is 5.44. The van der Waals surface area contributed by atoms with Gasteiger partial charge in [0.15, 0.2) is 18.4 Å². The number of unbranched alkanes of at least 4 members (excludes halogenated alkanes) is 12. The lowest BCUT2D eigenvalue weighted by atomic mass is 9.99. The average molecular weight is 347 g/mol. The van der Waals surface area contributed by atoms with Gasteiger partial charge in [-0.25, -0.2) is 4.57 Å². The molecule has 1 heteroatoms. The molecule has 0 saturated heterocycles. The predicted molar refractivity (Wildman–Crippen MR) is 111 cm³/mol. The number of rotatable bonds is 17. The Morgan fingerprint density at radius 1 is 0.520 bits per heavy atom. The van der Waals surface area contributed by atoms with Crippen LogP contribution in [0.15, 0.2) is 30.6 Å². The standard InChI is InChI=1S/C24H44N/c1-3-5-7-9-11-12-14-17-21-24(25-22-18-15-19-23-25)20-16-13-10-8-6-4-2/h15,18-19,22-24H,3-14,16-17,20-21H2,1-2H3/q+1. The van der Waals surface area contributed by atoms with Crippen LogP contribution >= 0.6 is 0 Å². The smallest absolute Gasteiger partial charge is 0.169 e. The number of hydrogen-bond donors (Lipinski definition) is 0. The lowest BCUT2D eigenvalue weighted by Crippen LogP contribution is -2.38. The molecular formula is C24H44N+. The summed E-state index contributed by atoms with van der Waals surface area (Å²) >= 11 is 0. The minimum absolute atomic E-state index is 0.715. The van der Waals surface area contributed by atoms with E-state index in [-0.39, 0.29) is 0 Å². The monoisotopic (exact) mass is 346 g/mol. The Balaban J connectivity index is 2.20. The van der Waals surface area contributed by atoms with Crippen LogP contribution in [0.1, 0.15) is 123 Å². The van der Waals surface area contributed by atoms with E-state index in [1.165, 1.54) is 103 Å². The van der Waals surface area contributed by atoms with Crippen molar-refractivity contribution in [1.82, 2.24) is 0 Å². The van der Waals surface area contributed by atoms with Crippen molar-refractivity contribution < 1.29 is 4.57 Å². The van der Waals surface area contributed by atoms with Crippen molar-refractivity contribution in [3.05, 3.63) is 30.6 Å². The van der Waals surface area contributed by atoms with Gasteiger partial charge < -0.3 is 0 Å². The van der Waals surface area contributed by atoms with Gasteiger partial charge in [-0.05, 0) is 12.8 Å². The highest BCUT2D eigenvalue weighted by molar-refractivity contribution is 4.84. The molecule has 0 saturated carbocycles. The summed E-state index contributed by atoms with van der Waals surface area (Å²) in [6.07, 6.45) is 27.1. The molecule has 0 aliphatic rings. The van der Waals surface area contributed by atoms with Gasteiger partial charge in [-0.1, -0.05) is 97.0 Å². The van der Waals surface area contributed by atoms with Gasteiger partial charge in [0.25, 0.3) is 0 Å². The van der Waals surface area contributed by atoms with Crippen molar-refractivity contribution >= 4 is 0 Å². The predicted octanol–water partition coefficient (Wildman–Crippen LogP) is 7.80. The highest BCUT2D eigenvalue weighted by Gasteiger charge is 2.16. The molecule has 1 rings (SSSR count). The molecule has 1 aromatic rings. The van der Waals surface area contributed by atoms with Crippen LogP contribution in [0.3, 0.4) is 0 Å². The van der Waals surface area contributed by atoms with E-state index in [2.05, 4.69) is 49.0 Å². The lowest BCUT2D eigenvalue weighted by molar-refractivity contribution is -0.724. The van der Waals surface area contributed by atoms with Gasteiger partial charge in [0, 0.05) is 25.0 Å². The Morgan fingerprint density at radius 2 is 0.920 bits per heavy atom. The third-order valence-corrected chi connectivity index (χ3v) is 5.44. The van der Waals surface area contributed by atoms with Gasteiger partial charge in [0.05, 0.1) is 0 Å². The largest absolute Gasteiger partial charge is 0.202 e. The molecule has 25 heavy (non-hydrogen) atoms. The first-order valence-electron chi connectivity index (χ1n) is 11.3. The van der Waals surface area contributed by atoms with Crippen molar-refractivity contribution in [3.8, 4) is 0 Å². The van der Waals surface area contributed by atoms with Crippen molar-refractivity contribution in [2.75, 3.05) is 0 Å². The molecule has 0 bridgehead atoms. The van der Waals surface area contributed by atoms with Gasteiger partial charge in [-0.15, -0.1) is 0 Å². The molecule has 0 aliphatic carbocycles. The molecule has 1 aromatic heterocycles. The summed E-state index contributed by atoms with van der Waals surface area (Å²) in [5.74, 6) is 0. The van der Waals surface area contributed by atoms with Crippen LogP contribution in [0, 0.1) is 0 Å². The highest BCUT2D eigenvalue weighted by atomic mass is 15.0. The first kappa shape index (κ1) is 22.2. The number of aromatic nitrogens is 1. The van der Waals surface area contributed by atoms with Gasteiger partial charge in [-0.2, -0.15) is 0 Å². The second kappa shape index (κ2) is 16.6. The number of nitrogens with zero attached hydrogens (tertiary/aromatic N) is 1. The second-order valence-electron chi connectivity index (χ2n) is 7.80. The summed E-state index contributed by atoms with van der Waals surface area (Å²) in [5, 5.41) is 0. The number of hydrogen-bond acceptors (Lipinski definition) is 0. The van der Waals surface area contributed by atoms with E-state index >= 15 is 0 Å². The Bertz CT molecular complexity index is 373. The zero-order valence-corrected chi connectivity index (χ0v) is 17.2. The van der Waals surface area contributed by atoms with E-state index in [0.29, 0.717) is 6.04 Å². The van der Waals surface area contributed by atoms with Crippen molar-refractivity contribution in [1.29, 1.82) is 0 Å². The molecule has 0 aromatic carbocycles. The fraction of sp³-hybridized carbons (Fsp3) is 0.792. The van der Waals surface area contributed by atoms with Crippen LogP contribution in [0.25, 0.3) is 0 Å². The van der Waals surface area contributed by atoms with E-state index < -0.39 is 0 Å². The molecule has 144 valence electrons. The first-order chi connectivity index (χ1) is 12.4. The second-order valence-corrected chi connectivity index (χ2v) is 7.80. The van der Waals surface area contributed by atoms with E-state index in [0.717, 1.165) is 0 Å². The first-order valence-corrected chi connectivity index (χ1v) is 11.3. The van der Waals surface area contributed by atoms with Crippen LogP contribution in [-0.4, -0.2) is 0 Å². The highest BCUT2D eigenvalue weighted by Crippen LogP contribution is 2.19. The van der Waals surface area contributed by atoms with Gasteiger partial charge >= 0.3 is 0 Å². The maximum absolute atomic E-state index is 2.47. The Morgan fingerprint density at radius 3 is 1.36 bits per heavy atom. The molecule has 0 N–H and O–H groups in total. The topological polar surface area (TPSA) is 3.88 Å². The molecule has 0 radical (unpaired) electrons. The number of pyridine rings is 1. The van der Waals surface area contributed by atoms with E-state index in [1.807, 2.05) is 0 Å². The van der Waals surface area contributed by atoms with Crippen LogP contribution in [0.2, 0.25) is 0 Å². The molecule has 1 nitrogen and oxygen atoms in total. The van der Waals surface area contributed by atoms with Gasteiger partial charge in [0.1, 0.15) is 0 Å². The maximum Gasteiger partial charge on any atom is 0.169 e. The van der Waals surface area contributed by atoms with Crippen LogP contribution in [0.5, 0.6) is 0 Å². The van der Waals surface area contributed by atoms with Crippen LogP contribution < -0.4 is 4.57 Å². The quantitative estimate of drug-likeness (QED) is 0.200. The molecular weight excluding hydrogens is 302 g/mol. The van der Waals surface area contributed by atoms with Crippen molar-refractivity contribution in [2.24, 2.45) is 0 Å². The molecule has 0 spiro atoms. The molecule has 0 aliphatic heterocycles. The fourth-order valence-electron chi connectivity index (χ4n) is 3.77. The van der Waals surface area contributed by atoms with Gasteiger partial charge in [0.2, 0.25) is 0 Å². The van der Waals surface area contributed by atoms with Crippen LogP contribution in [-0.2, 0) is 0 Å². The summed E-state index contributed by atoms with van der Waals surface area (Å²) in [6, 6.07) is 7.21. The average Bonchev–Trinajstić information content (AvgIpc) is 2.65. The third kappa shape index (κ3) is 12.2. The van der Waals surface area contributed by atoms with E-state index in [1.54, 1.807) is 0 Å². The summed E-state index contributed by atoms with van der Waals surface area (Å²) in [5.41, 5.74) is 0. The van der Waals surface area contributed by atoms with Crippen molar-refractivity contribution in [2.45, 2.75) is 123 Å².